The summed E-state index contributed by atoms with van der Waals surface area (Å²) in [5.74, 6) is -1.37. The van der Waals surface area contributed by atoms with E-state index < -0.39 is 23.8 Å². The fourth-order valence-electron chi connectivity index (χ4n) is 2.46. The van der Waals surface area contributed by atoms with Crippen molar-refractivity contribution in [3.63, 3.8) is 0 Å². The zero-order valence-corrected chi connectivity index (χ0v) is 11.4. The number of amides is 1. The molecule has 7 heteroatoms. The van der Waals surface area contributed by atoms with E-state index >= 15 is 0 Å². The Labute approximate surface area is 120 Å². The van der Waals surface area contributed by atoms with Crippen molar-refractivity contribution < 1.29 is 23.0 Å². The number of thiol groups is 1. The lowest BCUT2D eigenvalue weighted by atomic mass is 10.2. The Kier molecular flexibility index (Phi) is 3.45. The van der Waals surface area contributed by atoms with Gasteiger partial charge in [-0.05, 0) is 17.9 Å². The highest BCUT2D eigenvalue weighted by molar-refractivity contribution is 7.80. The van der Waals surface area contributed by atoms with Crippen LogP contribution < -0.4 is 9.47 Å². The molecule has 4 nitrogen and oxygen atoms in total. The largest absolute Gasteiger partial charge is 0.478 e. The molecule has 0 aliphatic carbocycles. The monoisotopic (exact) mass is 301 g/mol. The van der Waals surface area contributed by atoms with Crippen molar-refractivity contribution in [3.8, 4) is 11.5 Å². The second-order valence-corrected chi connectivity index (χ2v) is 5.22. The summed E-state index contributed by atoms with van der Waals surface area (Å²) in [6.45, 7) is 0.624. The van der Waals surface area contributed by atoms with Crippen LogP contribution in [0.15, 0.2) is 12.1 Å². The molecule has 108 valence electrons. The van der Waals surface area contributed by atoms with Crippen molar-refractivity contribution in [2.24, 2.45) is 0 Å². The molecule has 2 atom stereocenters. The first-order valence-electron chi connectivity index (χ1n) is 6.30. The third kappa shape index (κ3) is 2.19. The number of hydrogen-bond acceptors (Lipinski definition) is 4. The van der Waals surface area contributed by atoms with Crippen LogP contribution in [0.5, 0.6) is 11.5 Å². The third-order valence-corrected chi connectivity index (χ3v) is 3.67. The van der Waals surface area contributed by atoms with Gasteiger partial charge in [-0.2, -0.15) is 12.6 Å². The van der Waals surface area contributed by atoms with Crippen molar-refractivity contribution in [3.05, 3.63) is 23.8 Å². The highest BCUT2D eigenvalue weighted by Crippen LogP contribution is 2.40. The van der Waals surface area contributed by atoms with E-state index in [0.717, 1.165) is 12.1 Å². The van der Waals surface area contributed by atoms with Crippen LogP contribution in [0.1, 0.15) is 6.42 Å². The Bertz CT molecular complexity index is 516. The first kappa shape index (κ1) is 13.5. The van der Waals surface area contributed by atoms with E-state index in [4.69, 9.17) is 9.47 Å². The first-order valence-corrected chi connectivity index (χ1v) is 6.93. The number of likely N-dealkylation sites (tertiary alicyclic amines) is 1. The number of fused-ring (bicyclic) bond motifs is 2. The molecule has 1 fully saturated rings. The van der Waals surface area contributed by atoms with E-state index in [2.05, 4.69) is 12.6 Å². The van der Waals surface area contributed by atoms with Crippen LogP contribution in [0.2, 0.25) is 0 Å². The highest BCUT2D eigenvalue weighted by atomic mass is 32.1. The van der Waals surface area contributed by atoms with Gasteiger partial charge in [0.05, 0.1) is 13.1 Å². The SMILES string of the molecule is O=C(CCS)N1C[C@@H]2Oc3c(F)ccc(F)c3O[C@@H]2C1. The van der Waals surface area contributed by atoms with Gasteiger partial charge in [-0.25, -0.2) is 8.78 Å². The fraction of sp³-hybridized carbons (Fsp3) is 0.462. The van der Waals surface area contributed by atoms with Gasteiger partial charge in [0.2, 0.25) is 17.4 Å². The molecule has 0 aromatic heterocycles. The predicted molar refractivity (Wildman–Crippen MR) is 70.2 cm³/mol. The molecular formula is C13H13F2NO3S. The van der Waals surface area contributed by atoms with E-state index in [1.54, 1.807) is 4.90 Å². The quantitative estimate of drug-likeness (QED) is 0.844. The average Bonchev–Trinajstić information content (AvgIpc) is 2.85. The zero-order chi connectivity index (χ0) is 14.3. The molecule has 2 aliphatic heterocycles. The maximum Gasteiger partial charge on any atom is 0.223 e. The lowest BCUT2D eigenvalue weighted by Gasteiger charge is -2.28. The summed E-state index contributed by atoms with van der Waals surface area (Å²) in [5.41, 5.74) is 0. The van der Waals surface area contributed by atoms with Crippen LogP contribution >= 0.6 is 12.6 Å². The van der Waals surface area contributed by atoms with Gasteiger partial charge in [0.25, 0.3) is 0 Å². The fourth-order valence-corrected chi connectivity index (χ4v) is 2.66. The lowest BCUT2D eigenvalue weighted by molar-refractivity contribution is -0.130. The summed E-state index contributed by atoms with van der Waals surface area (Å²) < 4.78 is 38.2. The Balaban J connectivity index is 1.81. The van der Waals surface area contributed by atoms with Crippen molar-refractivity contribution in [1.29, 1.82) is 0 Å². The van der Waals surface area contributed by atoms with Crippen LogP contribution in [-0.2, 0) is 4.79 Å². The number of benzene rings is 1. The Morgan fingerprint density at radius 3 is 2.15 bits per heavy atom. The normalized spacial score (nSPS) is 23.6. The van der Waals surface area contributed by atoms with E-state index in [-0.39, 0.29) is 17.4 Å². The van der Waals surface area contributed by atoms with E-state index in [0.29, 0.717) is 25.3 Å². The van der Waals surface area contributed by atoms with Gasteiger partial charge in [0.1, 0.15) is 0 Å². The molecule has 0 unspecified atom stereocenters. The number of ether oxygens (including phenoxy) is 2. The Hall–Kier alpha value is -1.50. The second kappa shape index (κ2) is 5.12. The Morgan fingerprint density at radius 2 is 1.70 bits per heavy atom. The van der Waals surface area contributed by atoms with Gasteiger partial charge in [-0.3, -0.25) is 4.79 Å². The topological polar surface area (TPSA) is 38.8 Å². The summed E-state index contributed by atoms with van der Waals surface area (Å²) in [6, 6.07) is 1.99. The summed E-state index contributed by atoms with van der Waals surface area (Å²) in [7, 11) is 0. The summed E-state index contributed by atoms with van der Waals surface area (Å²) in [6.07, 6.45) is -0.622. The molecule has 2 aliphatic rings. The standard InChI is InChI=1S/C13H13F2NO3S/c14-7-1-2-8(15)13-12(7)18-9-5-16(6-10(9)19-13)11(17)3-4-20/h1-2,9-10,20H,3-6H2/t9-,10+. The van der Waals surface area contributed by atoms with Gasteiger partial charge >= 0.3 is 0 Å². The minimum Gasteiger partial charge on any atom is -0.478 e. The summed E-state index contributed by atoms with van der Waals surface area (Å²) in [5, 5.41) is 0. The zero-order valence-electron chi connectivity index (χ0n) is 10.5. The van der Waals surface area contributed by atoms with Gasteiger partial charge in [-0.15, -0.1) is 0 Å². The average molecular weight is 301 g/mol. The predicted octanol–water partition coefficient (Wildman–Crippen LogP) is 1.64. The molecule has 0 radical (unpaired) electrons. The van der Waals surface area contributed by atoms with Gasteiger partial charge < -0.3 is 14.4 Å². The number of hydrogen-bond donors (Lipinski definition) is 1. The molecule has 2 heterocycles. The van der Waals surface area contributed by atoms with Crippen molar-refractivity contribution in [2.75, 3.05) is 18.8 Å². The van der Waals surface area contributed by atoms with E-state index in [1.165, 1.54) is 0 Å². The van der Waals surface area contributed by atoms with Crippen molar-refractivity contribution in [2.45, 2.75) is 18.6 Å². The summed E-state index contributed by atoms with van der Waals surface area (Å²) >= 11 is 4.01. The number of halogens is 2. The minimum atomic E-state index is -0.667. The van der Waals surface area contributed by atoms with E-state index in [1.807, 2.05) is 0 Å². The molecular weight excluding hydrogens is 288 g/mol. The molecule has 0 N–H and O–H groups in total. The molecule has 1 saturated heterocycles. The van der Waals surface area contributed by atoms with Crippen LogP contribution in [0.4, 0.5) is 8.78 Å². The van der Waals surface area contributed by atoms with Crippen LogP contribution in [0.25, 0.3) is 0 Å². The molecule has 0 spiro atoms. The third-order valence-electron chi connectivity index (χ3n) is 3.45. The number of nitrogens with zero attached hydrogens (tertiary/aromatic N) is 1. The Morgan fingerprint density at radius 1 is 1.20 bits per heavy atom. The lowest BCUT2D eigenvalue weighted by Crippen LogP contribution is -2.39. The van der Waals surface area contributed by atoms with Crippen LogP contribution in [-0.4, -0.2) is 41.9 Å². The second-order valence-electron chi connectivity index (χ2n) is 4.77. The van der Waals surface area contributed by atoms with Gasteiger partial charge in [-0.1, -0.05) is 0 Å². The molecule has 1 aromatic rings. The molecule has 1 aromatic carbocycles. The molecule has 0 saturated carbocycles. The molecule has 20 heavy (non-hydrogen) atoms. The molecule has 0 bridgehead atoms. The smallest absolute Gasteiger partial charge is 0.223 e. The minimum absolute atomic E-state index is 0.0633. The van der Waals surface area contributed by atoms with Gasteiger partial charge in [0.15, 0.2) is 23.8 Å². The van der Waals surface area contributed by atoms with Crippen molar-refractivity contribution in [1.82, 2.24) is 4.90 Å². The maximum absolute atomic E-state index is 13.6. The highest BCUT2D eigenvalue weighted by Gasteiger charge is 2.43. The molecule has 3 rings (SSSR count). The van der Waals surface area contributed by atoms with Crippen molar-refractivity contribution >= 4 is 18.5 Å². The number of carbonyl (C=O) groups is 1. The van der Waals surface area contributed by atoms with Crippen LogP contribution in [0, 0.1) is 11.6 Å². The first-order chi connectivity index (χ1) is 9.60. The summed E-state index contributed by atoms with van der Waals surface area (Å²) in [4.78, 5) is 13.4. The molecule has 1 amide bonds. The van der Waals surface area contributed by atoms with E-state index in [9.17, 15) is 13.6 Å². The maximum atomic E-state index is 13.6. The van der Waals surface area contributed by atoms with Gasteiger partial charge in [0, 0.05) is 6.42 Å². The number of carbonyl (C=O) groups excluding carboxylic acids is 1. The number of rotatable bonds is 2. The van der Waals surface area contributed by atoms with Crippen LogP contribution in [0.3, 0.4) is 0 Å².